The SMILES string of the molecule is C[C@H](N)c1ccc2ccccc2c1OCc1ccncc1. The highest BCUT2D eigenvalue weighted by Gasteiger charge is 2.12. The third-order valence-corrected chi connectivity index (χ3v) is 3.53. The van der Waals surface area contributed by atoms with Crippen LogP contribution in [-0.2, 0) is 6.61 Å². The molecule has 0 fully saturated rings. The average Bonchev–Trinajstić information content (AvgIpc) is 2.53. The molecule has 3 aromatic rings. The summed E-state index contributed by atoms with van der Waals surface area (Å²) >= 11 is 0. The molecule has 0 aliphatic rings. The summed E-state index contributed by atoms with van der Waals surface area (Å²) in [6, 6.07) is 16.2. The van der Waals surface area contributed by atoms with Crippen molar-refractivity contribution < 1.29 is 4.74 Å². The maximum atomic E-state index is 6.09. The molecule has 1 aromatic heterocycles. The summed E-state index contributed by atoms with van der Waals surface area (Å²) in [7, 11) is 0. The number of benzene rings is 2. The summed E-state index contributed by atoms with van der Waals surface area (Å²) in [5.74, 6) is 0.875. The lowest BCUT2D eigenvalue weighted by atomic mass is 10.0. The number of rotatable bonds is 4. The molecule has 2 aromatic carbocycles. The molecule has 0 aliphatic carbocycles. The monoisotopic (exact) mass is 278 g/mol. The maximum Gasteiger partial charge on any atom is 0.132 e. The van der Waals surface area contributed by atoms with Crippen LogP contribution in [0.2, 0.25) is 0 Å². The summed E-state index contributed by atoms with van der Waals surface area (Å²) < 4.78 is 6.09. The first-order chi connectivity index (χ1) is 10.3. The predicted molar refractivity (Wildman–Crippen MR) is 85.1 cm³/mol. The highest BCUT2D eigenvalue weighted by Crippen LogP contribution is 2.33. The second-order valence-electron chi connectivity index (χ2n) is 5.14. The van der Waals surface area contributed by atoms with E-state index in [1.807, 2.05) is 31.2 Å². The summed E-state index contributed by atoms with van der Waals surface area (Å²) in [4.78, 5) is 4.02. The molecule has 0 saturated heterocycles. The fourth-order valence-electron chi connectivity index (χ4n) is 2.41. The Morgan fingerprint density at radius 3 is 2.57 bits per heavy atom. The largest absolute Gasteiger partial charge is 0.488 e. The van der Waals surface area contributed by atoms with Crippen molar-refractivity contribution >= 4 is 10.8 Å². The summed E-state index contributed by atoms with van der Waals surface area (Å²) in [5, 5.41) is 2.26. The van der Waals surface area contributed by atoms with Crippen molar-refractivity contribution in [1.82, 2.24) is 4.98 Å². The van der Waals surface area contributed by atoms with Gasteiger partial charge >= 0.3 is 0 Å². The van der Waals surface area contributed by atoms with Gasteiger partial charge in [0.15, 0.2) is 0 Å². The Kier molecular flexibility index (Phi) is 3.84. The third kappa shape index (κ3) is 2.88. The van der Waals surface area contributed by atoms with Gasteiger partial charge in [-0.25, -0.2) is 0 Å². The zero-order valence-corrected chi connectivity index (χ0v) is 12.0. The van der Waals surface area contributed by atoms with Crippen LogP contribution in [0, 0.1) is 0 Å². The molecule has 0 radical (unpaired) electrons. The molecule has 3 rings (SSSR count). The van der Waals surface area contributed by atoms with E-state index in [9.17, 15) is 0 Å². The van der Waals surface area contributed by atoms with Gasteiger partial charge in [0.05, 0.1) is 0 Å². The molecule has 1 heterocycles. The highest BCUT2D eigenvalue weighted by molar-refractivity contribution is 5.89. The minimum atomic E-state index is -0.0675. The Labute approximate surface area is 124 Å². The van der Waals surface area contributed by atoms with Gasteiger partial charge in [-0.3, -0.25) is 4.98 Å². The van der Waals surface area contributed by atoms with E-state index in [0.29, 0.717) is 6.61 Å². The van der Waals surface area contributed by atoms with E-state index in [0.717, 1.165) is 27.6 Å². The fourth-order valence-corrected chi connectivity index (χ4v) is 2.41. The van der Waals surface area contributed by atoms with Gasteiger partial charge in [0.1, 0.15) is 12.4 Å². The number of ether oxygens (including phenoxy) is 1. The van der Waals surface area contributed by atoms with Gasteiger partial charge < -0.3 is 10.5 Å². The predicted octanol–water partition coefficient (Wildman–Crippen LogP) is 3.83. The van der Waals surface area contributed by atoms with Gasteiger partial charge in [0, 0.05) is 29.4 Å². The highest BCUT2D eigenvalue weighted by atomic mass is 16.5. The van der Waals surface area contributed by atoms with E-state index in [2.05, 4.69) is 29.2 Å². The van der Waals surface area contributed by atoms with E-state index in [4.69, 9.17) is 10.5 Å². The molecule has 2 N–H and O–H groups in total. The molecular formula is C18H18N2O. The van der Waals surface area contributed by atoms with Gasteiger partial charge in [-0.1, -0.05) is 36.4 Å². The van der Waals surface area contributed by atoms with Gasteiger partial charge in [-0.2, -0.15) is 0 Å². The summed E-state index contributed by atoms with van der Waals surface area (Å²) in [6.45, 7) is 2.49. The number of fused-ring (bicyclic) bond motifs is 1. The van der Waals surface area contributed by atoms with E-state index >= 15 is 0 Å². The molecule has 3 nitrogen and oxygen atoms in total. The van der Waals surface area contributed by atoms with Crippen molar-refractivity contribution in [2.75, 3.05) is 0 Å². The van der Waals surface area contributed by atoms with Crippen molar-refractivity contribution in [3.8, 4) is 5.75 Å². The lowest BCUT2D eigenvalue weighted by molar-refractivity contribution is 0.305. The minimum Gasteiger partial charge on any atom is -0.488 e. The van der Waals surface area contributed by atoms with Crippen LogP contribution in [0.25, 0.3) is 10.8 Å². The Hall–Kier alpha value is -2.39. The molecule has 0 unspecified atom stereocenters. The van der Waals surface area contributed by atoms with Crippen LogP contribution in [-0.4, -0.2) is 4.98 Å². The van der Waals surface area contributed by atoms with Crippen LogP contribution >= 0.6 is 0 Å². The van der Waals surface area contributed by atoms with Crippen molar-refractivity contribution in [3.63, 3.8) is 0 Å². The normalized spacial score (nSPS) is 12.3. The fraction of sp³-hybridized carbons (Fsp3) is 0.167. The topological polar surface area (TPSA) is 48.1 Å². The van der Waals surface area contributed by atoms with Crippen molar-refractivity contribution in [1.29, 1.82) is 0 Å². The van der Waals surface area contributed by atoms with E-state index in [-0.39, 0.29) is 6.04 Å². The summed E-state index contributed by atoms with van der Waals surface area (Å²) in [6.07, 6.45) is 3.54. The standard InChI is InChI=1S/C18H18N2O/c1-13(19)16-7-6-15-4-2-3-5-17(15)18(16)21-12-14-8-10-20-11-9-14/h2-11,13H,12,19H2,1H3/t13-/m0/s1. The minimum absolute atomic E-state index is 0.0675. The molecule has 0 saturated carbocycles. The first-order valence-corrected chi connectivity index (χ1v) is 7.04. The molecule has 106 valence electrons. The first-order valence-electron chi connectivity index (χ1n) is 7.04. The molecule has 21 heavy (non-hydrogen) atoms. The Morgan fingerprint density at radius 1 is 1.05 bits per heavy atom. The van der Waals surface area contributed by atoms with Crippen LogP contribution in [0.3, 0.4) is 0 Å². The number of pyridine rings is 1. The van der Waals surface area contributed by atoms with E-state index in [1.165, 1.54) is 0 Å². The average molecular weight is 278 g/mol. The van der Waals surface area contributed by atoms with Gasteiger partial charge in [-0.05, 0) is 30.0 Å². The maximum absolute atomic E-state index is 6.09. The molecular weight excluding hydrogens is 260 g/mol. The second kappa shape index (κ2) is 5.94. The van der Waals surface area contributed by atoms with E-state index < -0.39 is 0 Å². The second-order valence-corrected chi connectivity index (χ2v) is 5.14. The number of nitrogens with two attached hydrogens (primary N) is 1. The molecule has 0 bridgehead atoms. The zero-order chi connectivity index (χ0) is 14.7. The van der Waals surface area contributed by atoms with Gasteiger partial charge in [0.2, 0.25) is 0 Å². The molecule has 0 amide bonds. The van der Waals surface area contributed by atoms with Gasteiger partial charge in [0.25, 0.3) is 0 Å². The molecule has 3 heteroatoms. The van der Waals surface area contributed by atoms with Crippen molar-refractivity contribution in [2.45, 2.75) is 19.6 Å². The van der Waals surface area contributed by atoms with Crippen LogP contribution in [0.1, 0.15) is 24.1 Å². The lowest BCUT2D eigenvalue weighted by Gasteiger charge is -2.16. The van der Waals surface area contributed by atoms with Crippen LogP contribution in [0.15, 0.2) is 60.9 Å². The Morgan fingerprint density at radius 2 is 1.81 bits per heavy atom. The number of hydrogen-bond donors (Lipinski definition) is 1. The van der Waals surface area contributed by atoms with Crippen LogP contribution < -0.4 is 10.5 Å². The van der Waals surface area contributed by atoms with E-state index in [1.54, 1.807) is 12.4 Å². The van der Waals surface area contributed by atoms with Gasteiger partial charge in [-0.15, -0.1) is 0 Å². The van der Waals surface area contributed by atoms with Crippen LogP contribution in [0.4, 0.5) is 0 Å². The smallest absolute Gasteiger partial charge is 0.132 e. The quantitative estimate of drug-likeness (QED) is 0.789. The third-order valence-electron chi connectivity index (χ3n) is 3.53. The number of nitrogens with zero attached hydrogens (tertiary/aromatic N) is 1. The molecule has 0 spiro atoms. The zero-order valence-electron chi connectivity index (χ0n) is 12.0. The lowest BCUT2D eigenvalue weighted by Crippen LogP contribution is -2.08. The van der Waals surface area contributed by atoms with Crippen molar-refractivity contribution in [3.05, 3.63) is 72.1 Å². The number of hydrogen-bond acceptors (Lipinski definition) is 3. The first kappa shape index (κ1) is 13.6. The Bertz CT molecular complexity index is 739. The number of aromatic nitrogens is 1. The Balaban J connectivity index is 2.00. The summed E-state index contributed by atoms with van der Waals surface area (Å²) in [5.41, 5.74) is 8.21. The van der Waals surface area contributed by atoms with Crippen molar-refractivity contribution in [2.24, 2.45) is 5.73 Å². The molecule has 1 atom stereocenters. The van der Waals surface area contributed by atoms with Crippen LogP contribution in [0.5, 0.6) is 5.75 Å². The molecule has 0 aliphatic heterocycles.